The minimum Gasteiger partial charge on any atom is -0.487 e. The molecule has 0 spiro atoms. The second-order valence-electron chi connectivity index (χ2n) is 3.91. The van der Waals surface area contributed by atoms with Gasteiger partial charge in [0.25, 0.3) is 0 Å². The molecule has 1 heterocycles. The molecule has 0 fully saturated rings. The topological polar surface area (TPSA) is 48.1 Å². The van der Waals surface area contributed by atoms with Gasteiger partial charge >= 0.3 is 0 Å². The third kappa shape index (κ3) is 3.22. The molecule has 0 aliphatic carbocycles. The number of para-hydroxylation sites is 1. The van der Waals surface area contributed by atoms with Gasteiger partial charge in [0.2, 0.25) is 0 Å². The lowest BCUT2D eigenvalue weighted by atomic mass is 10.1. The van der Waals surface area contributed by atoms with Gasteiger partial charge in [-0.05, 0) is 42.3 Å². The van der Waals surface area contributed by atoms with E-state index in [1.807, 2.05) is 30.3 Å². The summed E-state index contributed by atoms with van der Waals surface area (Å²) in [5.41, 5.74) is 7.68. The maximum Gasteiger partial charge on any atom is 0.141 e. The molecular weight excluding hydrogens is 248 g/mol. The first-order valence-corrected chi connectivity index (χ1v) is 6.18. The molecule has 0 saturated heterocycles. The van der Waals surface area contributed by atoms with E-state index in [1.165, 1.54) is 0 Å². The Bertz CT molecular complexity index is 502. The van der Waals surface area contributed by atoms with Gasteiger partial charge in [0, 0.05) is 12.4 Å². The maximum atomic E-state index is 6.15. The normalized spacial score (nSPS) is 10.3. The molecule has 2 rings (SSSR count). The summed E-state index contributed by atoms with van der Waals surface area (Å²) in [5, 5.41) is 0.620. The van der Waals surface area contributed by atoms with Gasteiger partial charge in [-0.2, -0.15) is 0 Å². The smallest absolute Gasteiger partial charge is 0.141 e. The van der Waals surface area contributed by atoms with Crippen LogP contribution in [0.4, 0.5) is 0 Å². The van der Waals surface area contributed by atoms with E-state index in [-0.39, 0.29) is 0 Å². The molecule has 18 heavy (non-hydrogen) atoms. The average Bonchev–Trinajstić information content (AvgIpc) is 2.40. The minimum atomic E-state index is 0.476. The molecule has 4 heteroatoms. The lowest BCUT2D eigenvalue weighted by Crippen LogP contribution is -2.06. The van der Waals surface area contributed by atoms with E-state index in [0.717, 1.165) is 23.3 Å². The number of pyridine rings is 1. The Kier molecular flexibility index (Phi) is 4.56. The minimum absolute atomic E-state index is 0.476. The number of hydrogen-bond donors (Lipinski definition) is 1. The first-order chi connectivity index (χ1) is 8.81. The number of halogens is 1. The quantitative estimate of drug-likeness (QED) is 0.901. The molecule has 1 aromatic carbocycles. The highest BCUT2D eigenvalue weighted by atomic mass is 35.5. The lowest BCUT2D eigenvalue weighted by Gasteiger charge is -2.12. The van der Waals surface area contributed by atoms with Crippen LogP contribution >= 0.6 is 11.6 Å². The van der Waals surface area contributed by atoms with Crippen LogP contribution in [0.2, 0.25) is 5.02 Å². The van der Waals surface area contributed by atoms with Gasteiger partial charge in [0.1, 0.15) is 12.4 Å². The number of hydrogen-bond acceptors (Lipinski definition) is 3. The van der Waals surface area contributed by atoms with Gasteiger partial charge in [0.15, 0.2) is 0 Å². The van der Waals surface area contributed by atoms with Crippen LogP contribution < -0.4 is 10.5 Å². The molecule has 2 aromatic rings. The number of ether oxygens (including phenoxy) is 1. The monoisotopic (exact) mass is 262 g/mol. The van der Waals surface area contributed by atoms with Crippen molar-refractivity contribution in [2.75, 3.05) is 6.54 Å². The molecule has 2 N–H and O–H groups in total. The standard InChI is InChI=1S/C14H15ClN2O/c15-13-3-1-2-12(4-7-16)14(13)18-10-11-5-8-17-9-6-11/h1-3,5-6,8-9H,4,7,10,16H2. The van der Waals surface area contributed by atoms with Crippen LogP contribution in [0.5, 0.6) is 5.75 Å². The summed E-state index contributed by atoms with van der Waals surface area (Å²) in [4.78, 5) is 3.97. The Morgan fingerprint density at radius 2 is 1.94 bits per heavy atom. The number of benzene rings is 1. The highest BCUT2D eigenvalue weighted by Crippen LogP contribution is 2.29. The van der Waals surface area contributed by atoms with Crippen LogP contribution in [0, 0.1) is 0 Å². The Labute approximate surface area is 112 Å². The van der Waals surface area contributed by atoms with Gasteiger partial charge in [0.05, 0.1) is 5.02 Å². The molecular formula is C14H15ClN2O. The van der Waals surface area contributed by atoms with Crippen molar-refractivity contribution in [2.45, 2.75) is 13.0 Å². The zero-order valence-corrected chi connectivity index (χ0v) is 10.7. The highest BCUT2D eigenvalue weighted by molar-refractivity contribution is 6.32. The Morgan fingerprint density at radius 1 is 1.17 bits per heavy atom. The number of rotatable bonds is 5. The third-order valence-electron chi connectivity index (χ3n) is 2.59. The fourth-order valence-corrected chi connectivity index (χ4v) is 1.95. The summed E-state index contributed by atoms with van der Waals surface area (Å²) in [5.74, 6) is 0.724. The van der Waals surface area contributed by atoms with Crippen LogP contribution in [0.15, 0.2) is 42.7 Å². The number of nitrogens with two attached hydrogens (primary N) is 1. The first-order valence-electron chi connectivity index (χ1n) is 5.80. The van der Waals surface area contributed by atoms with Crippen LogP contribution in [0.25, 0.3) is 0 Å². The van der Waals surface area contributed by atoms with Gasteiger partial charge in [-0.25, -0.2) is 0 Å². The maximum absolute atomic E-state index is 6.15. The third-order valence-corrected chi connectivity index (χ3v) is 2.89. The Balaban J connectivity index is 2.13. The lowest BCUT2D eigenvalue weighted by molar-refractivity contribution is 0.303. The van der Waals surface area contributed by atoms with Crippen molar-refractivity contribution in [3.8, 4) is 5.75 Å². The summed E-state index contributed by atoms with van der Waals surface area (Å²) in [6.45, 7) is 1.05. The predicted octanol–water partition coefficient (Wildman–Crippen LogP) is 2.82. The molecule has 0 amide bonds. The van der Waals surface area contributed by atoms with Crippen molar-refractivity contribution in [1.29, 1.82) is 0 Å². The van der Waals surface area contributed by atoms with Crippen molar-refractivity contribution >= 4 is 11.6 Å². The highest BCUT2D eigenvalue weighted by Gasteiger charge is 2.08. The summed E-state index contributed by atoms with van der Waals surface area (Å²) in [7, 11) is 0. The van der Waals surface area contributed by atoms with E-state index in [2.05, 4.69) is 4.98 Å². The molecule has 3 nitrogen and oxygen atoms in total. The summed E-state index contributed by atoms with van der Waals surface area (Å²) in [6, 6.07) is 9.55. The van der Waals surface area contributed by atoms with Crippen molar-refractivity contribution in [3.63, 3.8) is 0 Å². The zero-order valence-electron chi connectivity index (χ0n) is 9.97. The molecule has 0 aliphatic rings. The Morgan fingerprint density at radius 3 is 2.67 bits per heavy atom. The van der Waals surface area contributed by atoms with Crippen LogP contribution in [-0.4, -0.2) is 11.5 Å². The van der Waals surface area contributed by atoms with Crippen LogP contribution in [0.3, 0.4) is 0 Å². The van der Waals surface area contributed by atoms with Crippen molar-refractivity contribution < 1.29 is 4.74 Å². The van der Waals surface area contributed by atoms with Crippen LogP contribution in [0.1, 0.15) is 11.1 Å². The average molecular weight is 263 g/mol. The van der Waals surface area contributed by atoms with Gasteiger partial charge in [-0.1, -0.05) is 23.7 Å². The van der Waals surface area contributed by atoms with E-state index in [4.69, 9.17) is 22.1 Å². The molecule has 0 atom stereocenters. The largest absolute Gasteiger partial charge is 0.487 e. The van der Waals surface area contributed by atoms with E-state index in [1.54, 1.807) is 12.4 Å². The number of nitrogens with zero attached hydrogens (tertiary/aromatic N) is 1. The second-order valence-corrected chi connectivity index (χ2v) is 4.32. The van der Waals surface area contributed by atoms with E-state index in [9.17, 15) is 0 Å². The molecule has 0 bridgehead atoms. The van der Waals surface area contributed by atoms with E-state index >= 15 is 0 Å². The molecule has 0 radical (unpaired) electrons. The van der Waals surface area contributed by atoms with E-state index < -0.39 is 0 Å². The van der Waals surface area contributed by atoms with Gasteiger partial charge < -0.3 is 10.5 Å². The molecule has 0 unspecified atom stereocenters. The SMILES string of the molecule is NCCc1cccc(Cl)c1OCc1ccncc1. The van der Waals surface area contributed by atoms with Gasteiger partial charge in [-0.3, -0.25) is 4.98 Å². The van der Waals surface area contributed by atoms with E-state index in [0.29, 0.717) is 18.2 Å². The number of aromatic nitrogens is 1. The van der Waals surface area contributed by atoms with Crippen molar-refractivity contribution in [2.24, 2.45) is 5.73 Å². The first kappa shape index (κ1) is 12.9. The molecule has 0 saturated carbocycles. The summed E-state index contributed by atoms with van der Waals surface area (Å²) in [6.07, 6.45) is 4.24. The fourth-order valence-electron chi connectivity index (χ4n) is 1.70. The molecule has 94 valence electrons. The van der Waals surface area contributed by atoms with Crippen molar-refractivity contribution in [1.82, 2.24) is 4.98 Å². The molecule has 1 aromatic heterocycles. The fraction of sp³-hybridized carbons (Fsp3) is 0.214. The summed E-state index contributed by atoms with van der Waals surface area (Å²) >= 11 is 6.15. The Hall–Kier alpha value is -1.58. The summed E-state index contributed by atoms with van der Waals surface area (Å²) < 4.78 is 5.79. The van der Waals surface area contributed by atoms with Gasteiger partial charge in [-0.15, -0.1) is 0 Å². The van der Waals surface area contributed by atoms with Crippen LogP contribution in [-0.2, 0) is 13.0 Å². The molecule has 0 aliphatic heterocycles. The predicted molar refractivity (Wildman–Crippen MR) is 72.8 cm³/mol. The second kappa shape index (κ2) is 6.38. The van der Waals surface area contributed by atoms with Crippen molar-refractivity contribution in [3.05, 3.63) is 58.9 Å². The zero-order chi connectivity index (χ0) is 12.8.